The number of aromatic nitrogens is 1. The lowest BCUT2D eigenvalue weighted by molar-refractivity contribution is 0.0730. The number of nitrogens with zero attached hydrogens (tertiary/aromatic N) is 3. The Hall–Kier alpha value is -1.95. The van der Waals surface area contributed by atoms with Gasteiger partial charge >= 0.3 is 0 Å². The summed E-state index contributed by atoms with van der Waals surface area (Å²) in [5, 5.41) is 2.36. The molecule has 0 N–H and O–H groups in total. The predicted octanol–water partition coefficient (Wildman–Crippen LogP) is 3.90. The average Bonchev–Trinajstić information content (AvgIpc) is 3.59. The van der Waals surface area contributed by atoms with Crippen LogP contribution in [0.15, 0.2) is 56.3 Å². The zero-order valence-electron chi connectivity index (χ0n) is 17.9. The van der Waals surface area contributed by atoms with Crippen LogP contribution in [0.4, 0.5) is 5.69 Å². The number of halogens is 1. The molecule has 33 heavy (non-hydrogen) atoms. The summed E-state index contributed by atoms with van der Waals surface area (Å²) in [5.74, 6) is 0.737. The molecule has 3 aromatic rings. The zero-order chi connectivity index (χ0) is 22.8. The van der Waals surface area contributed by atoms with Crippen molar-refractivity contribution in [2.45, 2.75) is 30.4 Å². The van der Waals surface area contributed by atoms with Crippen molar-refractivity contribution in [3.05, 3.63) is 51.8 Å². The second-order valence-electron chi connectivity index (χ2n) is 7.87. The lowest BCUT2D eigenvalue weighted by Crippen LogP contribution is -2.40. The van der Waals surface area contributed by atoms with Crippen molar-refractivity contribution in [1.82, 2.24) is 8.87 Å². The summed E-state index contributed by atoms with van der Waals surface area (Å²) < 4.78 is 46.5. The van der Waals surface area contributed by atoms with Crippen molar-refractivity contribution in [3.63, 3.8) is 0 Å². The molecule has 0 spiro atoms. The Balaban J connectivity index is 1.55. The third-order valence-corrected chi connectivity index (χ3v) is 8.80. The largest absolute Gasteiger partial charge is 0.463 e. The van der Waals surface area contributed by atoms with Gasteiger partial charge in [-0.25, -0.2) is 13.4 Å². The standard InChI is InChI=1S/C22H24ClN3O5S2/c23-18-6-5-17(33(27,28)25-7-11-29-12-8-25)13-19(18)24-22-26(14-16-3-1-9-30-16)20(15-32-22)21-4-2-10-31-21/h2,4-6,10,13,15-16H,1,3,7-9,11-12,14H2/t16-/m0/s1. The fourth-order valence-electron chi connectivity index (χ4n) is 3.99. The molecule has 0 radical (unpaired) electrons. The summed E-state index contributed by atoms with van der Waals surface area (Å²) in [4.78, 5) is 5.64. The highest BCUT2D eigenvalue weighted by atomic mass is 35.5. The third-order valence-electron chi connectivity index (χ3n) is 5.72. The van der Waals surface area contributed by atoms with Crippen molar-refractivity contribution in [3.8, 4) is 11.5 Å². The van der Waals surface area contributed by atoms with E-state index in [0.29, 0.717) is 48.4 Å². The summed E-state index contributed by atoms with van der Waals surface area (Å²) >= 11 is 7.89. The van der Waals surface area contributed by atoms with Crippen LogP contribution in [0, 0.1) is 0 Å². The van der Waals surface area contributed by atoms with E-state index in [4.69, 9.17) is 30.5 Å². The number of morpholine rings is 1. The van der Waals surface area contributed by atoms with Crippen LogP contribution >= 0.6 is 22.9 Å². The summed E-state index contributed by atoms with van der Waals surface area (Å²) in [6, 6.07) is 8.39. The maximum absolute atomic E-state index is 13.1. The molecule has 4 heterocycles. The number of sulfonamides is 1. The molecule has 2 aliphatic heterocycles. The summed E-state index contributed by atoms with van der Waals surface area (Å²) in [5.41, 5.74) is 1.30. The number of hydrogen-bond donors (Lipinski definition) is 0. The van der Waals surface area contributed by atoms with Crippen LogP contribution < -0.4 is 4.80 Å². The van der Waals surface area contributed by atoms with E-state index in [9.17, 15) is 8.42 Å². The first kappa shape index (κ1) is 22.8. The summed E-state index contributed by atoms with van der Waals surface area (Å²) in [6.07, 6.45) is 3.74. The van der Waals surface area contributed by atoms with Crippen LogP contribution in [0.2, 0.25) is 5.02 Å². The molecule has 2 aromatic heterocycles. The topological polar surface area (TPSA) is 86.3 Å². The fourth-order valence-corrected chi connectivity index (χ4v) is 6.49. The van der Waals surface area contributed by atoms with Gasteiger partial charge in [0.25, 0.3) is 0 Å². The van der Waals surface area contributed by atoms with E-state index in [-0.39, 0.29) is 11.0 Å². The van der Waals surface area contributed by atoms with Gasteiger partial charge in [0.1, 0.15) is 0 Å². The average molecular weight is 510 g/mol. The van der Waals surface area contributed by atoms with Crippen LogP contribution in [-0.2, 0) is 26.0 Å². The van der Waals surface area contributed by atoms with Crippen LogP contribution in [-0.4, -0.2) is 56.3 Å². The molecular formula is C22H24ClN3O5S2. The van der Waals surface area contributed by atoms with E-state index in [2.05, 4.69) is 4.57 Å². The van der Waals surface area contributed by atoms with Crippen LogP contribution in [0.5, 0.6) is 0 Å². The minimum Gasteiger partial charge on any atom is -0.463 e. The van der Waals surface area contributed by atoms with Crippen LogP contribution in [0.3, 0.4) is 0 Å². The minimum absolute atomic E-state index is 0.0933. The first-order valence-corrected chi connectivity index (χ1v) is 13.5. The van der Waals surface area contributed by atoms with E-state index < -0.39 is 10.0 Å². The van der Waals surface area contributed by atoms with E-state index >= 15 is 0 Å². The minimum atomic E-state index is -3.66. The normalized spacial score (nSPS) is 20.5. The smallest absolute Gasteiger partial charge is 0.243 e. The van der Waals surface area contributed by atoms with Crippen molar-refractivity contribution in [2.75, 3.05) is 32.9 Å². The van der Waals surface area contributed by atoms with Crippen LogP contribution in [0.1, 0.15) is 12.8 Å². The summed E-state index contributed by atoms with van der Waals surface area (Å²) in [6.45, 7) is 2.82. The molecule has 8 nitrogen and oxygen atoms in total. The number of rotatable bonds is 6. The molecule has 0 unspecified atom stereocenters. The van der Waals surface area contributed by atoms with Gasteiger partial charge in [0.2, 0.25) is 10.0 Å². The third kappa shape index (κ3) is 4.82. The Morgan fingerprint density at radius 3 is 2.76 bits per heavy atom. The van der Waals surface area contributed by atoms with Gasteiger partial charge < -0.3 is 18.5 Å². The molecule has 1 atom stereocenters. The van der Waals surface area contributed by atoms with Gasteiger partial charge in [-0.15, -0.1) is 11.3 Å². The molecule has 0 saturated carbocycles. The van der Waals surface area contributed by atoms with Gasteiger partial charge in [-0.1, -0.05) is 11.6 Å². The highest BCUT2D eigenvalue weighted by molar-refractivity contribution is 7.89. The van der Waals surface area contributed by atoms with Gasteiger partial charge in [-0.3, -0.25) is 0 Å². The molecule has 0 aliphatic carbocycles. The Morgan fingerprint density at radius 2 is 2.03 bits per heavy atom. The number of thiazole rings is 1. The molecule has 11 heteroatoms. The molecule has 2 fully saturated rings. The quantitative estimate of drug-likeness (QED) is 0.503. The molecule has 2 aliphatic rings. The Kier molecular flexibility index (Phi) is 6.73. The SMILES string of the molecule is O=S(=O)(c1ccc(Cl)c(N=c2scc(-c3ccco3)n2C[C@@H]2CCCO2)c1)N1CCOCC1. The van der Waals surface area contributed by atoms with Crippen molar-refractivity contribution >= 4 is 38.6 Å². The Bertz CT molecular complexity index is 1270. The maximum Gasteiger partial charge on any atom is 0.243 e. The van der Waals surface area contributed by atoms with Gasteiger partial charge in [-0.2, -0.15) is 4.31 Å². The van der Waals surface area contributed by atoms with Gasteiger partial charge in [0.15, 0.2) is 10.6 Å². The molecule has 2 saturated heterocycles. The van der Waals surface area contributed by atoms with Crippen molar-refractivity contribution < 1.29 is 22.3 Å². The number of benzene rings is 1. The highest BCUT2D eigenvalue weighted by Crippen LogP contribution is 2.30. The zero-order valence-corrected chi connectivity index (χ0v) is 20.2. The number of furan rings is 1. The number of ether oxygens (including phenoxy) is 2. The molecule has 176 valence electrons. The van der Waals surface area contributed by atoms with E-state index in [1.54, 1.807) is 12.3 Å². The highest BCUT2D eigenvalue weighted by Gasteiger charge is 2.27. The molecule has 0 amide bonds. The predicted molar refractivity (Wildman–Crippen MR) is 125 cm³/mol. The van der Waals surface area contributed by atoms with E-state index in [1.807, 2.05) is 17.5 Å². The van der Waals surface area contributed by atoms with Gasteiger partial charge in [0.05, 0.1) is 53.4 Å². The Labute approximate surface area is 201 Å². The van der Waals surface area contributed by atoms with Gasteiger partial charge in [0, 0.05) is 25.1 Å². The van der Waals surface area contributed by atoms with Crippen LogP contribution in [0.25, 0.3) is 11.5 Å². The molecule has 0 bridgehead atoms. The van der Waals surface area contributed by atoms with Crippen molar-refractivity contribution in [2.24, 2.45) is 4.99 Å². The molecule has 1 aromatic carbocycles. The lowest BCUT2D eigenvalue weighted by Gasteiger charge is -2.26. The first-order chi connectivity index (χ1) is 16.0. The maximum atomic E-state index is 13.1. The number of hydrogen-bond acceptors (Lipinski definition) is 7. The second kappa shape index (κ2) is 9.73. The monoisotopic (exact) mass is 509 g/mol. The summed E-state index contributed by atoms with van der Waals surface area (Å²) in [7, 11) is -3.66. The van der Waals surface area contributed by atoms with Gasteiger partial charge in [-0.05, 0) is 43.2 Å². The fraction of sp³-hybridized carbons (Fsp3) is 0.409. The first-order valence-electron chi connectivity index (χ1n) is 10.8. The van der Waals surface area contributed by atoms with E-state index in [1.165, 1.54) is 27.8 Å². The molecule has 5 rings (SSSR count). The second-order valence-corrected chi connectivity index (χ2v) is 11.0. The lowest BCUT2D eigenvalue weighted by atomic mass is 10.2. The Morgan fingerprint density at radius 1 is 1.18 bits per heavy atom. The van der Waals surface area contributed by atoms with E-state index in [0.717, 1.165) is 30.9 Å². The van der Waals surface area contributed by atoms with Crippen molar-refractivity contribution in [1.29, 1.82) is 0 Å². The molecular weight excluding hydrogens is 486 g/mol.